The van der Waals surface area contributed by atoms with Crippen molar-refractivity contribution in [3.8, 4) is 0 Å². The summed E-state index contributed by atoms with van der Waals surface area (Å²) in [5, 5.41) is 3.74. The van der Waals surface area contributed by atoms with Gasteiger partial charge in [0.05, 0.1) is 12.2 Å². The van der Waals surface area contributed by atoms with Crippen LogP contribution in [0.15, 0.2) is 0 Å². The van der Waals surface area contributed by atoms with Crippen molar-refractivity contribution in [2.45, 2.75) is 59.7 Å². The normalized spacial score (nSPS) is 24.1. The van der Waals surface area contributed by atoms with Crippen LogP contribution >= 0.6 is 11.3 Å². The molecule has 2 amide bonds. The van der Waals surface area contributed by atoms with E-state index in [4.69, 9.17) is 0 Å². The standard InChI is InChI=1S/C15H23N3O2S/c1-6-8(2)13-15(20)18(10(4)14(19)17-13)7-12-16-9(3)11(5)21-12/h8,10,13H,6-7H2,1-5H3,(H,17,19). The Kier molecular flexibility index (Phi) is 4.66. The van der Waals surface area contributed by atoms with E-state index in [2.05, 4.69) is 10.3 Å². The summed E-state index contributed by atoms with van der Waals surface area (Å²) in [4.78, 5) is 32.1. The molecule has 1 saturated heterocycles. The average molecular weight is 309 g/mol. The number of rotatable bonds is 4. The van der Waals surface area contributed by atoms with E-state index in [9.17, 15) is 9.59 Å². The summed E-state index contributed by atoms with van der Waals surface area (Å²) in [5.41, 5.74) is 0.995. The first-order valence-corrected chi connectivity index (χ1v) is 8.20. The fourth-order valence-electron chi connectivity index (χ4n) is 2.44. The summed E-state index contributed by atoms with van der Waals surface area (Å²) in [5.74, 6) is 0.0584. The summed E-state index contributed by atoms with van der Waals surface area (Å²) in [6.07, 6.45) is 0.856. The summed E-state index contributed by atoms with van der Waals surface area (Å²) in [6, 6.07) is -0.858. The first-order valence-electron chi connectivity index (χ1n) is 7.38. The van der Waals surface area contributed by atoms with E-state index in [1.54, 1.807) is 23.2 Å². The van der Waals surface area contributed by atoms with Gasteiger partial charge in [-0.05, 0) is 26.7 Å². The highest BCUT2D eigenvalue weighted by Gasteiger charge is 2.40. The van der Waals surface area contributed by atoms with E-state index in [-0.39, 0.29) is 17.7 Å². The maximum Gasteiger partial charge on any atom is 0.246 e. The Morgan fingerprint density at radius 3 is 2.57 bits per heavy atom. The summed E-state index contributed by atoms with van der Waals surface area (Å²) in [7, 11) is 0. The Labute approximate surface area is 129 Å². The van der Waals surface area contributed by atoms with E-state index >= 15 is 0 Å². The summed E-state index contributed by atoms with van der Waals surface area (Å²) < 4.78 is 0. The van der Waals surface area contributed by atoms with Gasteiger partial charge < -0.3 is 10.2 Å². The van der Waals surface area contributed by atoms with Crippen molar-refractivity contribution in [2.75, 3.05) is 0 Å². The van der Waals surface area contributed by atoms with Crippen molar-refractivity contribution in [2.24, 2.45) is 5.92 Å². The van der Waals surface area contributed by atoms with E-state index < -0.39 is 12.1 Å². The number of carbonyl (C=O) groups excluding carboxylic acids is 2. The molecule has 1 aliphatic rings. The highest BCUT2D eigenvalue weighted by Crippen LogP contribution is 2.23. The van der Waals surface area contributed by atoms with Crippen LogP contribution in [0.5, 0.6) is 0 Å². The van der Waals surface area contributed by atoms with Crippen molar-refractivity contribution in [1.82, 2.24) is 15.2 Å². The van der Waals surface area contributed by atoms with Crippen LogP contribution in [0.25, 0.3) is 0 Å². The van der Waals surface area contributed by atoms with E-state index in [0.717, 1.165) is 22.0 Å². The minimum Gasteiger partial charge on any atom is -0.342 e. The largest absolute Gasteiger partial charge is 0.342 e. The molecule has 3 unspecified atom stereocenters. The van der Waals surface area contributed by atoms with Crippen molar-refractivity contribution in [1.29, 1.82) is 0 Å². The number of aromatic nitrogens is 1. The topological polar surface area (TPSA) is 62.3 Å². The lowest BCUT2D eigenvalue weighted by Crippen LogP contribution is -2.63. The smallest absolute Gasteiger partial charge is 0.246 e. The molecular weight excluding hydrogens is 286 g/mol. The third kappa shape index (κ3) is 3.10. The van der Waals surface area contributed by atoms with Gasteiger partial charge in [-0.1, -0.05) is 20.3 Å². The van der Waals surface area contributed by atoms with Crippen LogP contribution in [0.4, 0.5) is 0 Å². The Bertz CT molecular complexity index is 536. The van der Waals surface area contributed by atoms with Gasteiger partial charge in [0.1, 0.15) is 17.1 Å². The lowest BCUT2D eigenvalue weighted by molar-refractivity contribution is -0.150. The molecule has 6 heteroatoms. The van der Waals surface area contributed by atoms with Crippen LogP contribution in [0.2, 0.25) is 0 Å². The number of aryl methyl sites for hydroxylation is 2. The molecule has 0 spiro atoms. The minimum absolute atomic E-state index is 0.00181. The van der Waals surface area contributed by atoms with Crippen molar-refractivity contribution in [3.05, 3.63) is 15.6 Å². The highest BCUT2D eigenvalue weighted by atomic mass is 32.1. The number of amides is 2. The Morgan fingerprint density at radius 2 is 2.05 bits per heavy atom. The molecule has 5 nitrogen and oxygen atoms in total. The molecular formula is C15H23N3O2S. The molecule has 3 atom stereocenters. The van der Waals surface area contributed by atoms with Gasteiger partial charge in [-0.25, -0.2) is 4.98 Å². The fourth-order valence-corrected chi connectivity index (χ4v) is 3.37. The lowest BCUT2D eigenvalue weighted by Gasteiger charge is -2.39. The number of hydrogen-bond acceptors (Lipinski definition) is 4. The molecule has 0 saturated carbocycles. The number of hydrogen-bond donors (Lipinski definition) is 1. The second kappa shape index (κ2) is 6.13. The monoisotopic (exact) mass is 309 g/mol. The third-order valence-corrected chi connectivity index (χ3v) is 5.34. The molecule has 2 rings (SSSR count). The molecule has 0 bridgehead atoms. The molecule has 0 aromatic carbocycles. The number of nitrogens with one attached hydrogen (secondary N) is 1. The minimum atomic E-state index is -0.442. The second-order valence-electron chi connectivity index (χ2n) is 5.76. The maximum atomic E-state index is 12.7. The number of carbonyl (C=O) groups is 2. The maximum absolute atomic E-state index is 12.7. The lowest BCUT2D eigenvalue weighted by atomic mass is 9.94. The molecule has 1 fully saturated rings. The van der Waals surface area contributed by atoms with Gasteiger partial charge >= 0.3 is 0 Å². The van der Waals surface area contributed by atoms with Crippen LogP contribution in [-0.4, -0.2) is 33.8 Å². The van der Waals surface area contributed by atoms with Gasteiger partial charge in [0.25, 0.3) is 0 Å². The van der Waals surface area contributed by atoms with Gasteiger partial charge in [0.15, 0.2) is 0 Å². The first kappa shape index (κ1) is 15.9. The SMILES string of the molecule is CCC(C)C1NC(=O)C(C)N(Cc2nc(C)c(C)s2)C1=O. The predicted octanol–water partition coefficient (Wildman–Crippen LogP) is 2.02. The number of piperazine rings is 1. The number of thiazole rings is 1. The van der Waals surface area contributed by atoms with Crippen LogP contribution in [0, 0.1) is 19.8 Å². The average Bonchev–Trinajstić information content (AvgIpc) is 2.76. The molecule has 1 aromatic rings. The highest BCUT2D eigenvalue weighted by molar-refractivity contribution is 7.11. The van der Waals surface area contributed by atoms with Gasteiger partial charge in [-0.2, -0.15) is 0 Å². The van der Waals surface area contributed by atoms with Crippen molar-refractivity contribution < 1.29 is 9.59 Å². The Hall–Kier alpha value is -1.43. The summed E-state index contributed by atoms with van der Waals surface area (Å²) >= 11 is 1.59. The molecule has 2 heterocycles. The first-order chi connectivity index (χ1) is 9.85. The third-order valence-electron chi connectivity index (χ3n) is 4.29. The molecule has 1 aromatic heterocycles. The van der Waals surface area contributed by atoms with E-state index in [0.29, 0.717) is 6.54 Å². The Balaban J connectivity index is 2.22. The zero-order valence-electron chi connectivity index (χ0n) is 13.3. The molecule has 116 valence electrons. The van der Waals surface area contributed by atoms with Crippen LogP contribution in [0.3, 0.4) is 0 Å². The molecule has 21 heavy (non-hydrogen) atoms. The van der Waals surface area contributed by atoms with Crippen molar-refractivity contribution in [3.63, 3.8) is 0 Å². The van der Waals surface area contributed by atoms with Gasteiger partial charge in [-0.3, -0.25) is 9.59 Å². The molecule has 0 radical (unpaired) electrons. The predicted molar refractivity (Wildman–Crippen MR) is 83.0 cm³/mol. The van der Waals surface area contributed by atoms with Gasteiger partial charge in [0, 0.05) is 4.88 Å². The summed E-state index contributed by atoms with van der Waals surface area (Å²) in [6.45, 7) is 10.2. The van der Waals surface area contributed by atoms with E-state index in [1.165, 1.54) is 0 Å². The molecule has 1 N–H and O–H groups in total. The van der Waals surface area contributed by atoms with Crippen molar-refractivity contribution >= 4 is 23.2 Å². The fraction of sp³-hybridized carbons (Fsp3) is 0.667. The van der Waals surface area contributed by atoms with Crippen LogP contribution in [0.1, 0.15) is 42.8 Å². The molecule has 1 aliphatic heterocycles. The zero-order valence-corrected chi connectivity index (χ0v) is 14.1. The second-order valence-corrected chi connectivity index (χ2v) is 7.05. The van der Waals surface area contributed by atoms with Gasteiger partial charge in [0.2, 0.25) is 11.8 Å². The Morgan fingerprint density at radius 1 is 1.38 bits per heavy atom. The van der Waals surface area contributed by atoms with E-state index in [1.807, 2.05) is 27.7 Å². The number of nitrogens with zero attached hydrogens (tertiary/aromatic N) is 2. The van der Waals surface area contributed by atoms with Crippen LogP contribution < -0.4 is 5.32 Å². The van der Waals surface area contributed by atoms with Gasteiger partial charge in [-0.15, -0.1) is 11.3 Å². The zero-order chi connectivity index (χ0) is 15.7. The molecule has 0 aliphatic carbocycles. The van der Waals surface area contributed by atoms with Crippen LogP contribution in [-0.2, 0) is 16.1 Å². The quantitative estimate of drug-likeness (QED) is 0.925.